The minimum Gasteiger partial charge on any atom is -0.374 e. The van der Waals surface area contributed by atoms with E-state index in [1.54, 1.807) is 0 Å². The van der Waals surface area contributed by atoms with E-state index in [4.69, 9.17) is 10.00 Å². The minimum atomic E-state index is 0.00852. The maximum Gasteiger partial charge on any atom is 0.0949 e. The molecule has 3 atom stereocenters. The predicted octanol–water partition coefficient (Wildman–Crippen LogP) is 1.88. The first-order valence-electron chi connectivity index (χ1n) is 6.00. The normalized spacial score (nSPS) is 36.5. The maximum absolute atomic E-state index is 8.97. The molecule has 0 amide bonds. The average molecular weight is 240 g/mol. The first-order valence-corrected chi connectivity index (χ1v) is 7.16. The van der Waals surface area contributed by atoms with Gasteiger partial charge in [0.25, 0.3) is 0 Å². The quantitative estimate of drug-likeness (QED) is 0.738. The lowest BCUT2D eigenvalue weighted by Gasteiger charge is -2.42. The first kappa shape index (κ1) is 12.2. The molecule has 4 heteroatoms. The van der Waals surface area contributed by atoms with Crippen LogP contribution >= 0.6 is 11.8 Å². The summed E-state index contributed by atoms with van der Waals surface area (Å²) in [4.78, 5) is 2.22. The Labute approximate surface area is 102 Å². The zero-order valence-electron chi connectivity index (χ0n) is 10.1. The van der Waals surface area contributed by atoms with Crippen LogP contribution in [0.2, 0.25) is 0 Å². The van der Waals surface area contributed by atoms with Crippen LogP contribution in [0.15, 0.2) is 0 Å². The van der Waals surface area contributed by atoms with Crippen molar-refractivity contribution in [2.45, 2.75) is 43.9 Å². The van der Waals surface area contributed by atoms with Gasteiger partial charge in [-0.2, -0.15) is 17.0 Å². The number of nitrogens with zero attached hydrogens (tertiary/aromatic N) is 2. The zero-order chi connectivity index (χ0) is 11.6. The summed E-state index contributed by atoms with van der Waals surface area (Å²) in [5.74, 6) is 2.36. The molecule has 2 saturated heterocycles. The molecule has 2 heterocycles. The van der Waals surface area contributed by atoms with Crippen molar-refractivity contribution in [3.05, 3.63) is 0 Å². The van der Waals surface area contributed by atoms with Crippen LogP contribution in [0.5, 0.6) is 0 Å². The standard InChI is InChI=1S/C12H20N2OS/c1-10(8-13)14(2)11-3-5-15-12(7-11)4-6-16-9-12/h10-11H,3-7,9H2,1-2H3. The van der Waals surface area contributed by atoms with Gasteiger partial charge in [-0.05, 0) is 39.0 Å². The van der Waals surface area contributed by atoms with Crippen molar-refractivity contribution in [3.63, 3.8) is 0 Å². The van der Waals surface area contributed by atoms with E-state index in [1.165, 1.54) is 12.2 Å². The molecule has 2 aliphatic rings. The number of rotatable bonds is 2. The predicted molar refractivity (Wildman–Crippen MR) is 66.5 cm³/mol. The minimum absolute atomic E-state index is 0.00852. The van der Waals surface area contributed by atoms with Gasteiger partial charge in [0.1, 0.15) is 0 Å². The highest BCUT2D eigenvalue weighted by Gasteiger charge is 2.41. The summed E-state index contributed by atoms with van der Waals surface area (Å²) in [7, 11) is 2.07. The lowest BCUT2D eigenvalue weighted by atomic mass is 9.89. The van der Waals surface area contributed by atoms with Crippen molar-refractivity contribution in [2.24, 2.45) is 0 Å². The summed E-state index contributed by atoms with van der Waals surface area (Å²) in [6.45, 7) is 2.83. The van der Waals surface area contributed by atoms with E-state index in [9.17, 15) is 0 Å². The highest BCUT2D eigenvalue weighted by atomic mass is 32.2. The molecule has 0 aromatic carbocycles. The van der Waals surface area contributed by atoms with E-state index in [0.717, 1.165) is 25.2 Å². The molecular formula is C12H20N2OS. The average Bonchev–Trinajstić information content (AvgIpc) is 2.75. The summed E-state index contributed by atoms with van der Waals surface area (Å²) in [6.07, 6.45) is 3.35. The second-order valence-corrected chi connectivity index (χ2v) is 6.06. The fourth-order valence-corrected chi connectivity index (χ4v) is 4.00. The molecule has 2 aliphatic heterocycles. The molecule has 0 saturated carbocycles. The third-order valence-corrected chi connectivity index (χ3v) is 5.13. The van der Waals surface area contributed by atoms with E-state index < -0.39 is 0 Å². The highest BCUT2D eigenvalue weighted by Crippen LogP contribution is 2.39. The molecule has 2 fully saturated rings. The number of hydrogen-bond donors (Lipinski definition) is 0. The second-order valence-electron chi connectivity index (χ2n) is 4.95. The van der Waals surface area contributed by atoms with Crippen molar-refractivity contribution in [3.8, 4) is 6.07 Å². The summed E-state index contributed by atoms with van der Waals surface area (Å²) in [6, 6.07) is 2.85. The van der Waals surface area contributed by atoms with Gasteiger partial charge in [0.15, 0.2) is 0 Å². The third kappa shape index (κ3) is 2.37. The monoisotopic (exact) mass is 240 g/mol. The third-order valence-electron chi connectivity index (χ3n) is 3.91. The molecule has 0 radical (unpaired) electrons. The van der Waals surface area contributed by atoms with Crippen molar-refractivity contribution < 1.29 is 4.74 Å². The van der Waals surface area contributed by atoms with E-state index in [1.807, 2.05) is 18.7 Å². The van der Waals surface area contributed by atoms with Crippen molar-refractivity contribution in [2.75, 3.05) is 25.2 Å². The molecule has 3 unspecified atom stereocenters. The second kappa shape index (κ2) is 4.95. The fourth-order valence-electron chi connectivity index (χ4n) is 2.62. The van der Waals surface area contributed by atoms with Gasteiger partial charge in [0.2, 0.25) is 0 Å². The Morgan fingerprint density at radius 1 is 1.62 bits per heavy atom. The highest BCUT2D eigenvalue weighted by molar-refractivity contribution is 7.99. The zero-order valence-corrected chi connectivity index (χ0v) is 10.9. The van der Waals surface area contributed by atoms with Gasteiger partial charge in [-0.1, -0.05) is 0 Å². The van der Waals surface area contributed by atoms with Gasteiger partial charge in [0, 0.05) is 18.4 Å². The van der Waals surface area contributed by atoms with Crippen molar-refractivity contribution >= 4 is 11.8 Å². The maximum atomic E-state index is 8.97. The Morgan fingerprint density at radius 2 is 2.44 bits per heavy atom. The van der Waals surface area contributed by atoms with E-state index in [2.05, 4.69) is 18.0 Å². The molecule has 0 aromatic rings. The first-order chi connectivity index (χ1) is 7.67. The molecule has 16 heavy (non-hydrogen) atoms. The molecule has 1 spiro atoms. The van der Waals surface area contributed by atoms with Crippen LogP contribution in [-0.4, -0.2) is 47.7 Å². The lowest BCUT2D eigenvalue weighted by Crippen LogP contribution is -2.49. The largest absolute Gasteiger partial charge is 0.374 e. The van der Waals surface area contributed by atoms with Gasteiger partial charge in [-0.15, -0.1) is 0 Å². The summed E-state index contributed by atoms with van der Waals surface area (Å²) in [5, 5.41) is 8.97. The molecule has 3 nitrogen and oxygen atoms in total. The van der Waals surface area contributed by atoms with Crippen LogP contribution in [0.4, 0.5) is 0 Å². The number of nitriles is 1. The Hall–Kier alpha value is -0.240. The Morgan fingerprint density at radius 3 is 3.06 bits per heavy atom. The SMILES string of the molecule is CC(C#N)N(C)C1CCOC2(CCSC2)C1. The van der Waals surface area contributed by atoms with Crippen LogP contribution in [0.3, 0.4) is 0 Å². The van der Waals surface area contributed by atoms with Crippen LogP contribution in [0, 0.1) is 11.3 Å². The Kier molecular flexibility index (Phi) is 3.78. The lowest BCUT2D eigenvalue weighted by molar-refractivity contribution is -0.0882. The van der Waals surface area contributed by atoms with Crippen LogP contribution in [0.25, 0.3) is 0 Å². The summed E-state index contributed by atoms with van der Waals surface area (Å²) in [5.41, 5.74) is 0.122. The van der Waals surface area contributed by atoms with Crippen LogP contribution in [0.1, 0.15) is 26.2 Å². The number of hydrogen-bond acceptors (Lipinski definition) is 4. The topological polar surface area (TPSA) is 36.3 Å². The Balaban J connectivity index is 1.99. The summed E-state index contributed by atoms with van der Waals surface area (Å²) < 4.78 is 5.99. The molecule has 2 rings (SSSR count). The molecule has 90 valence electrons. The van der Waals surface area contributed by atoms with Gasteiger partial charge >= 0.3 is 0 Å². The number of thioether (sulfide) groups is 1. The van der Waals surface area contributed by atoms with Gasteiger partial charge in [-0.25, -0.2) is 0 Å². The van der Waals surface area contributed by atoms with Crippen LogP contribution in [-0.2, 0) is 4.74 Å². The smallest absolute Gasteiger partial charge is 0.0949 e. The van der Waals surface area contributed by atoms with Gasteiger partial charge in [-0.3, -0.25) is 4.90 Å². The van der Waals surface area contributed by atoms with Crippen LogP contribution < -0.4 is 0 Å². The Bertz CT molecular complexity index is 283. The molecule has 0 N–H and O–H groups in total. The van der Waals surface area contributed by atoms with Gasteiger partial charge in [0.05, 0.1) is 17.7 Å². The van der Waals surface area contributed by atoms with E-state index >= 15 is 0 Å². The van der Waals surface area contributed by atoms with Crippen molar-refractivity contribution in [1.29, 1.82) is 5.26 Å². The van der Waals surface area contributed by atoms with E-state index in [-0.39, 0.29) is 11.6 Å². The molecular weight excluding hydrogens is 220 g/mol. The molecule has 0 bridgehead atoms. The molecule has 0 aliphatic carbocycles. The number of ether oxygens (including phenoxy) is 1. The van der Waals surface area contributed by atoms with Gasteiger partial charge < -0.3 is 4.74 Å². The van der Waals surface area contributed by atoms with E-state index in [0.29, 0.717) is 6.04 Å². The van der Waals surface area contributed by atoms with Crippen molar-refractivity contribution in [1.82, 2.24) is 4.90 Å². The summed E-state index contributed by atoms with van der Waals surface area (Å²) >= 11 is 2.00. The fraction of sp³-hybridized carbons (Fsp3) is 0.917. The molecule has 0 aromatic heterocycles.